The molecule has 4 nitrogen and oxygen atoms in total. The summed E-state index contributed by atoms with van der Waals surface area (Å²) in [5.41, 5.74) is 5.74. The van der Waals surface area contributed by atoms with Gasteiger partial charge < -0.3 is 10.6 Å². The van der Waals surface area contributed by atoms with Crippen molar-refractivity contribution in [2.45, 2.75) is 45.2 Å². The zero-order valence-corrected chi connectivity index (χ0v) is 20.0. The van der Waals surface area contributed by atoms with Crippen LogP contribution in [0.2, 0.25) is 0 Å². The van der Waals surface area contributed by atoms with E-state index in [4.69, 9.17) is 4.98 Å². The molecule has 0 bridgehead atoms. The van der Waals surface area contributed by atoms with E-state index < -0.39 is 0 Å². The summed E-state index contributed by atoms with van der Waals surface area (Å²) < 4.78 is 0. The number of fused-ring (bicyclic) bond motifs is 1. The Morgan fingerprint density at radius 3 is 2.64 bits per heavy atom. The second-order valence-electron chi connectivity index (χ2n) is 9.19. The second kappa shape index (κ2) is 10.1. The highest BCUT2D eigenvalue weighted by Gasteiger charge is 2.17. The minimum Gasteiger partial charge on any atom is -0.322 e. The third-order valence-electron chi connectivity index (χ3n) is 6.58. The van der Waals surface area contributed by atoms with Gasteiger partial charge >= 0.3 is 0 Å². The molecular weight excluding hydrogens is 426 g/mol. The zero-order valence-electron chi connectivity index (χ0n) is 19.1. The smallest absolute Gasteiger partial charge is 0.255 e. The molecule has 2 fully saturated rings. The molecular formula is C28H31N3OS. The third-order valence-corrected chi connectivity index (χ3v) is 7.63. The topological polar surface area (TPSA) is 54.0 Å². The summed E-state index contributed by atoms with van der Waals surface area (Å²) in [7, 11) is 0. The molecule has 1 aliphatic carbocycles. The zero-order chi connectivity index (χ0) is 22.6. The minimum absolute atomic E-state index is 0.0957. The molecule has 33 heavy (non-hydrogen) atoms. The number of allylic oxidation sites excluding steroid dienone is 1. The summed E-state index contributed by atoms with van der Waals surface area (Å²) >= 11 is 2.05. The van der Waals surface area contributed by atoms with Gasteiger partial charge in [-0.15, -0.1) is 0 Å². The lowest BCUT2D eigenvalue weighted by Gasteiger charge is -2.22. The second-order valence-corrected chi connectivity index (χ2v) is 10.4. The van der Waals surface area contributed by atoms with E-state index in [9.17, 15) is 4.79 Å². The molecule has 2 N–H and O–H groups in total. The number of carbonyl (C=O) groups excluding carboxylic acids is 1. The van der Waals surface area contributed by atoms with E-state index in [1.54, 1.807) is 0 Å². The summed E-state index contributed by atoms with van der Waals surface area (Å²) in [6.07, 6.45) is 11.5. The van der Waals surface area contributed by atoms with Crippen molar-refractivity contribution in [2.75, 3.05) is 16.8 Å². The number of carbonyl (C=O) groups is 1. The van der Waals surface area contributed by atoms with Gasteiger partial charge in [-0.05, 0) is 91.0 Å². The van der Waals surface area contributed by atoms with Gasteiger partial charge in [0, 0.05) is 35.4 Å². The van der Waals surface area contributed by atoms with E-state index in [1.165, 1.54) is 42.8 Å². The summed E-state index contributed by atoms with van der Waals surface area (Å²) in [6, 6.07) is 14.6. The average Bonchev–Trinajstić information content (AvgIpc) is 3.69. The maximum absolute atomic E-state index is 12.8. The van der Waals surface area contributed by atoms with Crippen molar-refractivity contribution in [3.05, 3.63) is 77.0 Å². The number of nitrogens with zero attached hydrogens (tertiary/aromatic N) is 1. The van der Waals surface area contributed by atoms with Gasteiger partial charge in [-0.3, -0.25) is 9.78 Å². The normalized spacial score (nSPS) is 17.0. The van der Waals surface area contributed by atoms with Gasteiger partial charge in [0.2, 0.25) is 0 Å². The Labute approximate surface area is 200 Å². The molecule has 2 aliphatic rings. The maximum Gasteiger partial charge on any atom is 0.255 e. The van der Waals surface area contributed by atoms with Crippen molar-refractivity contribution >= 4 is 40.3 Å². The molecule has 0 unspecified atom stereocenters. The van der Waals surface area contributed by atoms with E-state index in [2.05, 4.69) is 34.9 Å². The van der Waals surface area contributed by atoms with Gasteiger partial charge in [0.15, 0.2) is 0 Å². The molecule has 1 aliphatic heterocycles. The summed E-state index contributed by atoms with van der Waals surface area (Å²) in [4.78, 5) is 17.6. The Morgan fingerprint density at radius 1 is 1.09 bits per heavy atom. The Balaban J connectivity index is 1.25. The van der Waals surface area contributed by atoms with Crippen LogP contribution in [0.25, 0.3) is 17.0 Å². The van der Waals surface area contributed by atoms with Crippen LogP contribution >= 0.6 is 11.8 Å². The quantitative estimate of drug-likeness (QED) is 0.443. The number of aryl methyl sites for hydroxylation is 1. The molecule has 1 amide bonds. The maximum atomic E-state index is 12.8. The number of benzene rings is 2. The van der Waals surface area contributed by atoms with Crippen LogP contribution < -0.4 is 10.6 Å². The molecule has 0 radical (unpaired) electrons. The van der Waals surface area contributed by atoms with Crippen molar-refractivity contribution in [1.82, 2.24) is 10.3 Å². The lowest BCUT2D eigenvalue weighted by atomic mass is 10.1. The van der Waals surface area contributed by atoms with Gasteiger partial charge in [-0.2, -0.15) is 11.8 Å². The molecule has 5 rings (SSSR count). The van der Waals surface area contributed by atoms with E-state index >= 15 is 0 Å². The number of hydrogen-bond donors (Lipinski definition) is 2. The Morgan fingerprint density at radius 2 is 1.88 bits per heavy atom. The average molecular weight is 458 g/mol. The predicted octanol–water partition coefficient (Wildman–Crippen LogP) is 6.20. The van der Waals surface area contributed by atoms with E-state index in [-0.39, 0.29) is 5.91 Å². The molecule has 1 saturated carbocycles. The number of thioether (sulfide) groups is 1. The molecule has 0 spiro atoms. The number of amides is 1. The minimum atomic E-state index is -0.0957. The first-order chi connectivity index (χ1) is 16.2. The monoisotopic (exact) mass is 457 g/mol. The van der Waals surface area contributed by atoms with E-state index in [0.29, 0.717) is 11.6 Å². The summed E-state index contributed by atoms with van der Waals surface area (Å²) in [5.74, 6) is 3.16. The van der Waals surface area contributed by atoms with Crippen molar-refractivity contribution < 1.29 is 4.79 Å². The van der Waals surface area contributed by atoms with Crippen LogP contribution in [0.5, 0.6) is 0 Å². The largest absolute Gasteiger partial charge is 0.322 e. The van der Waals surface area contributed by atoms with Crippen LogP contribution in [0, 0.1) is 12.8 Å². The van der Waals surface area contributed by atoms with Gasteiger partial charge in [0.1, 0.15) is 0 Å². The number of aromatic nitrogens is 1. The summed E-state index contributed by atoms with van der Waals surface area (Å²) in [5, 5.41) is 7.86. The summed E-state index contributed by atoms with van der Waals surface area (Å²) in [6.45, 7) is 2.87. The van der Waals surface area contributed by atoms with Gasteiger partial charge in [0.05, 0.1) is 5.52 Å². The Kier molecular flexibility index (Phi) is 6.79. The van der Waals surface area contributed by atoms with Gasteiger partial charge in [-0.1, -0.05) is 30.4 Å². The van der Waals surface area contributed by atoms with Crippen LogP contribution in [0.15, 0.2) is 54.7 Å². The molecule has 3 aromatic rings. The molecule has 2 aromatic carbocycles. The highest BCUT2D eigenvalue weighted by Crippen LogP contribution is 2.31. The van der Waals surface area contributed by atoms with Crippen molar-refractivity contribution in [3.8, 4) is 0 Å². The molecule has 170 valence electrons. The van der Waals surface area contributed by atoms with Crippen LogP contribution in [-0.4, -0.2) is 28.4 Å². The SMILES string of the molecule is Cc1c(NC(=O)c2ccc(C=CC3CC3)cc2)ccc2cc(CNC3CCSCC3)cnc12. The van der Waals surface area contributed by atoms with E-state index in [0.717, 1.165) is 40.2 Å². The lowest BCUT2D eigenvalue weighted by molar-refractivity contribution is 0.102. The molecule has 1 aromatic heterocycles. The van der Waals surface area contributed by atoms with Crippen molar-refractivity contribution in [3.63, 3.8) is 0 Å². The predicted molar refractivity (Wildman–Crippen MR) is 140 cm³/mol. The first-order valence-corrected chi connectivity index (χ1v) is 13.1. The number of nitrogens with one attached hydrogen (secondary N) is 2. The number of pyridine rings is 1. The van der Waals surface area contributed by atoms with Crippen LogP contribution in [-0.2, 0) is 6.54 Å². The lowest BCUT2D eigenvalue weighted by Crippen LogP contribution is -2.32. The third kappa shape index (κ3) is 5.66. The number of anilines is 1. The Bertz CT molecular complexity index is 1160. The Hall–Kier alpha value is -2.63. The van der Waals surface area contributed by atoms with Crippen molar-refractivity contribution in [2.24, 2.45) is 5.92 Å². The van der Waals surface area contributed by atoms with Gasteiger partial charge in [-0.25, -0.2) is 0 Å². The van der Waals surface area contributed by atoms with Crippen LogP contribution in [0.1, 0.15) is 52.7 Å². The number of rotatable bonds is 7. The molecule has 5 heteroatoms. The standard InChI is InChI=1S/C28H31N3OS/c1-19-26(31-28(32)23-8-6-21(7-9-23)5-4-20-2-3-20)11-10-24-16-22(18-30-27(19)24)17-29-25-12-14-33-15-13-25/h4-11,16,18,20,25,29H,2-3,12-15,17H2,1H3,(H,31,32). The molecule has 1 saturated heterocycles. The highest BCUT2D eigenvalue weighted by atomic mass is 32.2. The molecule has 0 atom stereocenters. The highest BCUT2D eigenvalue weighted by molar-refractivity contribution is 7.99. The fourth-order valence-corrected chi connectivity index (χ4v) is 5.37. The number of hydrogen-bond acceptors (Lipinski definition) is 4. The molecule has 2 heterocycles. The van der Waals surface area contributed by atoms with Crippen LogP contribution in [0.3, 0.4) is 0 Å². The van der Waals surface area contributed by atoms with Crippen molar-refractivity contribution in [1.29, 1.82) is 0 Å². The van der Waals surface area contributed by atoms with Crippen LogP contribution in [0.4, 0.5) is 5.69 Å². The van der Waals surface area contributed by atoms with Gasteiger partial charge in [0.25, 0.3) is 5.91 Å². The first-order valence-electron chi connectivity index (χ1n) is 11.9. The fraction of sp³-hybridized carbons (Fsp3) is 0.357. The first kappa shape index (κ1) is 22.2. The fourth-order valence-electron chi connectivity index (χ4n) is 4.27. The van der Waals surface area contributed by atoms with E-state index in [1.807, 2.05) is 55.2 Å².